The molecule has 0 saturated carbocycles. The van der Waals surface area contributed by atoms with Gasteiger partial charge in [0.15, 0.2) is 0 Å². The summed E-state index contributed by atoms with van der Waals surface area (Å²) in [6.45, 7) is 6.95. The van der Waals surface area contributed by atoms with Crippen LogP contribution < -0.4 is 0 Å². The second kappa shape index (κ2) is 8.53. The van der Waals surface area contributed by atoms with Gasteiger partial charge in [-0.25, -0.2) is 0 Å². The Hall–Kier alpha value is 0.385. The van der Waals surface area contributed by atoms with Crippen LogP contribution >= 0.6 is 15.9 Å². The van der Waals surface area contributed by atoms with Gasteiger partial charge in [0.25, 0.3) is 0 Å². The summed E-state index contributed by atoms with van der Waals surface area (Å²) in [4.78, 5) is 0. The third-order valence-corrected chi connectivity index (χ3v) is 2.57. The molecule has 4 nitrogen and oxygen atoms in total. The molecule has 0 radical (unpaired) electrons. The van der Waals surface area contributed by atoms with Crippen LogP contribution in [0.1, 0.15) is 34.1 Å². The Morgan fingerprint density at radius 1 is 1.13 bits per heavy atom. The summed E-state index contributed by atoms with van der Waals surface area (Å²) in [5, 5.41) is 27.2. The van der Waals surface area contributed by atoms with Crippen LogP contribution in [0.15, 0.2) is 0 Å². The van der Waals surface area contributed by atoms with Crippen molar-refractivity contribution in [3.63, 3.8) is 0 Å². The first-order chi connectivity index (χ1) is 6.66. The third-order valence-electron chi connectivity index (χ3n) is 2.01. The minimum Gasteiger partial charge on any atom is -0.430 e. The number of rotatable bonds is 5. The summed E-state index contributed by atoms with van der Waals surface area (Å²) in [5.41, 5.74) is -2.01. The smallest absolute Gasteiger partial charge is 0.430 e. The van der Waals surface area contributed by atoms with Crippen LogP contribution in [0.4, 0.5) is 0 Å². The average molecular weight is 285 g/mol. The number of aliphatic hydroxyl groups is 2. The van der Waals surface area contributed by atoms with Gasteiger partial charge in [0.05, 0.1) is 11.2 Å². The van der Waals surface area contributed by atoms with Crippen molar-refractivity contribution in [3.8, 4) is 0 Å². The zero-order chi connectivity index (χ0) is 12.5. The van der Waals surface area contributed by atoms with Gasteiger partial charge < -0.3 is 19.9 Å². The topological polar surface area (TPSA) is 69.9 Å². The molecule has 0 heterocycles. The summed E-state index contributed by atoms with van der Waals surface area (Å²) in [5.74, 6) is 0. The highest BCUT2D eigenvalue weighted by atomic mass is 79.9. The molecule has 0 rings (SSSR count). The maximum absolute atomic E-state index is 9.10. The third kappa shape index (κ3) is 12.3. The summed E-state index contributed by atoms with van der Waals surface area (Å²) >= 11 is 3.22. The van der Waals surface area contributed by atoms with Crippen LogP contribution in [0, 0.1) is 0 Å². The Balaban J connectivity index is 0. The first-order valence-electron chi connectivity index (χ1n) is 4.86. The van der Waals surface area contributed by atoms with Gasteiger partial charge in [0.2, 0.25) is 0 Å². The molecule has 0 bridgehead atoms. The lowest BCUT2D eigenvalue weighted by Gasteiger charge is -2.31. The van der Waals surface area contributed by atoms with Crippen LogP contribution in [-0.2, 0) is 4.65 Å². The van der Waals surface area contributed by atoms with Crippen molar-refractivity contribution >= 4 is 23.6 Å². The monoisotopic (exact) mass is 284 g/mol. The normalized spacial score (nSPS) is 11.7. The molecule has 92 valence electrons. The Bertz CT molecular complexity index is 126. The van der Waals surface area contributed by atoms with Gasteiger partial charge in [-0.1, -0.05) is 15.9 Å². The fourth-order valence-corrected chi connectivity index (χ4v) is 0.450. The highest BCUT2D eigenvalue weighted by Gasteiger charge is 2.31. The molecule has 0 fully saturated rings. The van der Waals surface area contributed by atoms with E-state index in [0.29, 0.717) is 6.61 Å². The molecule has 0 aromatic carbocycles. The Kier molecular flexibility index (Phi) is 10.1. The highest BCUT2D eigenvalue weighted by Crippen LogP contribution is 2.19. The fourth-order valence-electron chi connectivity index (χ4n) is 0.221. The van der Waals surface area contributed by atoms with E-state index in [9.17, 15) is 0 Å². The van der Waals surface area contributed by atoms with E-state index in [1.807, 2.05) is 0 Å². The summed E-state index contributed by atoms with van der Waals surface area (Å²) in [6, 6.07) is 0. The first kappa shape index (κ1) is 17.8. The second-order valence-corrected chi connectivity index (χ2v) is 4.99. The van der Waals surface area contributed by atoms with Crippen LogP contribution in [0.5, 0.6) is 0 Å². The second-order valence-electron chi connectivity index (χ2n) is 4.20. The first-order valence-corrected chi connectivity index (χ1v) is 5.98. The maximum Gasteiger partial charge on any atom is 0.435 e. The SMILES string of the molecule is CC(C)(O)C(C)(C)O.OBOCCCBr. The van der Waals surface area contributed by atoms with E-state index in [4.69, 9.17) is 15.2 Å². The number of halogens is 1. The minimum atomic E-state index is -1.01. The molecule has 0 atom stereocenters. The average Bonchev–Trinajstić information content (AvgIpc) is 2.03. The quantitative estimate of drug-likeness (QED) is 0.392. The van der Waals surface area contributed by atoms with Crippen molar-refractivity contribution in [2.75, 3.05) is 11.9 Å². The van der Waals surface area contributed by atoms with E-state index in [1.54, 1.807) is 27.7 Å². The molecule has 0 aliphatic carbocycles. The van der Waals surface area contributed by atoms with Crippen molar-refractivity contribution in [2.24, 2.45) is 0 Å². The molecule has 0 spiro atoms. The Morgan fingerprint density at radius 2 is 1.53 bits per heavy atom. The van der Waals surface area contributed by atoms with Gasteiger partial charge >= 0.3 is 7.69 Å². The maximum atomic E-state index is 9.10. The summed E-state index contributed by atoms with van der Waals surface area (Å²) in [7, 11) is -0.160. The van der Waals surface area contributed by atoms with Gasteiger partial charge in [-0.2, -0.15) is 0 Å². The lowest BCUT2D eigenvalue weighted by atomic mass is 9.90. The standard InChI is InChI=1S/C6H14O2.C3H8BBrO2/c1-5(2,7)6(3,4)8;5-2-1-3-7-4-6/h7-8H,1-4H3;4,6H,1-3H2. The predicted octanol–water partition coefficient (Wildman–Crippen LogP) is 0.575. The lowest BCUT2D eigenvalue weighted by Crippen LogP contribution is -2.44. The molecule has 0 aliphatic rings. The van der Waals surface area contributed by atoms with Gasteiger partial charge in [-0.05, 0) is 34.1 Å². The lowest BCUT2D eigenvalue weighted by molar-refractivity contribution is -0.107. The Labute approximate surface area is 101 Å². The van der Waals surface area contributed by atoms with Gasteiger partial charge in [0.1, 0.15) is 0 Å². The van der Waals surface area contributed by atoms with Crippen LogP contribution in [0.2, 0.25) is 0 Å². The van der Waals surface area contributed by atoms with Crippen LogP contribution in [-0.4, -0.2) is 46.1 Å². The number of hydrogen-bond donors (Lipinski definition) is 3. The van der Waals surface area contributed by atoms with Crippen molar-refractivity contribution in [1.82, 2.24) is 0 Å². The van der Waals surface area contributed by atoms with Gasteiger partial charge in [0, 0.05) is 11.9 Å². The fraction of sp³-hybridized carbons (Fsp3) is 1.00. The molecule has 0 aromatic rings. The molecule has 0 saturated heterocycles. The van der Waals surface area contributed by atoms with Crippen LogP contribution in [0.25, 0.3) is 0 Å². The molecule has 3 N–H and O–H groups in total. The molecule has 0 aromatic heterocycles. The summed E-state index contributed by atoms with van der Waals surface area (Å²) in [6.07, 6.45) is 0.959. The molecular formula is C9H22BBrO4. The Morgan fingerprint density at radius 3 is 1.73 bits per heavy atom. The molecular weight excluding hydrogens is 263 g/mol. The summed E-state index contributed by atoms with van der Waals surface area (Å²) < 4.78 is 4.60. The number of alkyl halides is 1. The molecule has 0 amide bonds. The van der Waals surface area contributed by atoms with E-state index in [1.165, 1.54) is 0 Å². The molecule has 15 heavy (non-hydrogen) atoms. The van der Waals surface area contributed by atoms with E-state index in [0.717, 1.165) is 11.8 Å². The van der Waals surface area contributed by atoms with E-state index in [2.05, 4.69) is 20.6 Å². The van der Waals surface area contributed by atoms with E-state index < -0.39 is 11.2 Å². The zero-order valence-electron chi connectivity index (χ0n) is 9.96. The zero-order valence-corrected chi connectivity index (χ0v) is 11.5. The van der Waals surface area contributed by atoms with E-state index >= 15 is 0 Å². The molecule has 0 aliphatic heterocycles. The largest absolute Gasteiger partial charge is 0.435 e. The van der Waals surface area contributed by atoms with Crippen molar-refractivity contribution in [1.29, 1.82) is 0 Å². The van der Waals surface area contributed by atoms with E-state index in [-0.39, 0.29) is 7.69 Å². The number of hydrogen-bond acceptors (Lipinski definition) is 4. The van der Waals surface area contributed by atoms with Crippen molar-refractivity contribution in [3.05, 3.63) is 0 Å². The highest BCUT2D eigenvalue weighted by molar-refractivity contribution is 9.09. The van der Waals surface area contributed by atoms with Gasteiger partial charge in [-0.3, -0.25) is 0 Å². The van der Waals surface area contributed by atoms with Crippen molar-refractivity contribution < 1.29 is 19.9 Å². The molecule has 6 heteroatoms. The minimum absolute atomic E-state index is 0.160. The van der Waals surface area contributed by atoms with Crippen LogP contribution in [0.3, 0.4) is 0 Å². The van der Waals surface area contributed by atoms with Crippen molar-refractivity contribution in [2.45, 2.75) is 45.3 Å². The van der Waals surface area contributed by atoms with Gasteiger partial charge in [-0.15, -0.1) is 0 Å². The predicted molar refractivity (Wildman–Crippen MR) is 66.3 cm³/mol. The molecule has 0 unspecified atom stereocenters.